The SMILES string of the molecule is O=C(O)C1CCCCC1NC(=O)N1CC(O)C(O)C1. The minimum atomic E-state index is -0.924. The van der Waals surface area contributed by atoms with Gasteiger partial charge in [-0.05, 0) is 12.8 Å². The molecule has 2 rings (SSSR count). The van der Waals surface area contributed by atoms with Crippen molar-refractivity contribution in [1.82, 2.24) is 10.2 Å². The van der Waals surface area contributed by atoms with E-state index in [1.54, 1.807) is 0 Å². The molecule has 2 aliphatic rings. The van der Waals surface area contributed by atoms with Crippen LogP contribution in [0.15, 0.2) is 0 Å². The minimum absolute atomic E-state index is 0.0808. The molecule has 0 aromatic carbocycles. The molecule has 1 saturated carbocycles. The molecular weight excluding hydrogens is 252 g/mol. The van der Waals surface area contributed by atoms with Gasteiger partial charge in [0.05, 0.1) is 31.2 Å². The summed E-state index contributed by atoms with van der Waals surface area (Å²) in [5.74, 6) is -1.43. The number of hydrogen-bond donors (Lipinski definition) is 4. The lowest BCUT2D eigenvalue weighted by atomic mass is 9.84. The molecule has 7 heteroatoms. The Hall–Kier alpha value is -1.34. The zero-order valence-electron chi connectivity index (χ0n) is 10.7. The highest BCUT2D eigenvalue weighted by Gasteiger charge is 2.36. The summed E-state index contributed by atoms with van der Waals surface area (Å²) in [6, 6.07) is -0.776. The average molecular weight is 272 g/mol. The first-order valence-electron chi connectivity index (χ1n) is 6.63. The number of aliphatic hydroxyl groups excluding tert-OH is 2. The summed E-state index contributed by atoms with van der Waals surface area (Å²) in [4.78, 5) is 24.4. The first-order valence-corrected chi connectivity index (χ1v) is 6.63. The fourth-order valence-corrected chi connectivity index (χ4v) is 2.78. The van der Waals surface area contributed by atoms with Crippen LogP contribution in [-0.2, 0) is 4.79 Å². The van der Waals surface area contributed by atoms with Gasteiger partial charge in [-0.1, -0.05) is 12.8 Å². The average Bonchev–Trinajstić information content (AvgIpc) is 2.70. The molecule has 0 radical (unpaired) electrons. The second kappa shape index (κ2) is 5.75. The summed E-state index contributed by atoms with van der Waals surface area (Å²) in [6.07, 6.45) is 1.15. The second-order valence-corrected chi connectivity index (χ2v) is 5.32. The van der Waals surface area contributed by atoms with E-state index < -0.39 is 30.1 Å². The summed E-state index contributed by atoms with van der Waals surface area (Å²) < 4.78 is 0. The molecule has 0 aromatic heterocycles. The number of nitrogens with one attached hydrogen (secondary N) is 1. The summed E-state index contributed by atoms with van der Waals surface area (Å²) in [6.45, 7) is 0.162. The number of β-amino-alcohol motifs (C(OH)–C–C–N with tert-alkyl or cyclic N) is 2. The number of carbonyl (C=O) groups excluding carboxylic acids is 1. The number of aliphatic carboxylic acids is 1. The molecule has 4 unspecified atom stereocenters. The van der Waals surface area contributed by atoms with Crippen molar-refractivity contribution >= 4 is 12.0 Å². The number of carbonyl (C=O) groups is 2. The van der Waals surface area contributed by atoms with Gasteiger partial charge in [0, 0.05) is 6.04 Å². The molecule has 0 spiro atoms. The Morgan fingerprint density at radius 3 is 2.21 bits per heavy atom. The van der Waals surface area contributed by atoms with E-state index in [1.165, 1.54) is 4.90 Å². The maximum absolute atomic E-state index is 12.0. The largest absolute Gasteiger partial charge is 0.481 e. The molecule has 0 aromatic rings. The van der Waals surface area contributed by atoms with Crippen LogP contribution in [0.3, 0.4) is 0 Å². The van der Waals surface area contributed by atoms with Gasteiger partial charge < -0.3 is 25.5 Å². The van der Waals surface area contributed by atoms with Crippen molar-refractivity contribution in [2.24, 2.45) is 5.92 Å². The summed E-state index contributed by atoms with van der Waals surface area (Å²) >= 11 is 0. The Morgan fingerprint density at radius 1 is 1.05 bits per heavy atom. The Morgan fingerprint density at radius 2 is 1.63 bits per heavy atom. The predicted molar refractivity (Wildman–Crippen MR) is 65.5 cm³/mol. The highest BCUT2D eigenvalue weighted by Crippen LogP contribution is 2.25. The number of rotatable bonds is 2. The van der Waals surface area contributed by atoms with E-state index in [0.29, 0.717) is 12.8 Å². The zero-order valence-corrected chi connectivity index (χ0v) is 10.7. The molecule has 1 aliphatic heterocycles. The van der Waals surface area contributed by atoms with Crippen molar-refractivity contribution in [3.8, 4) is 0 Å². The molecular formula is C12H20N2O5. The third kappa shape index (κ3) is 3.16. The van der Waals surface area contributed by atoms with E-state index in [9.17, 15) is 19.8 Å². The van der Waals surface area contributed by atoms with Gasteiger partial charge in [0.1, 0.15) is 0 Å². The number of amides is 2. The highest BCUT2D eigenvalue weighted by molar-refractivity contribution is 5.77. The van der Waals surface area contributed by atoms with E-state index >= 15 is 0 Å². The van der Waals surface area contributed by atoms with Gasteiger partial charge >= 0.3 is 12.0 Å². The molecule has 0 bridgehead atoms. The van der Waals surface area contributed by atoms with Crippen LogP contribution in [0.1, 0.15) is 25.7 Å². The van der Waals surface area contributed by atoms with Gasteiger partial charge in [-0.2, -0.15) is 0 Å². The topological polar surface area (TPSA) is 110 Å². The Labute approximate surface area is 111 Å². The lowest BCUT2D eigenvalue weighted by molar-refractivity contribution is -0.143. The Balaban J connectivity index is 1.92. The lowest BCUT2D eigenvalue weighted by Crippen LogP contribution is -2.50. The molecule has 2 amide bonds. The summed E-state index contributed by atoms with van der Waals surface area (Å²) in [5, 5.41) is 30.6. The van der Waals surface area contributed by atoms with Crippen LogP contribution in [-0.4, -0.2) is 63.6 Å². The molecule has 2 fully saturated rings. The second-order valence-electron chi connectivity index (χ2n) is 5.32. The van der Waals surface area contributed by atoms with E-state index in [0.717, 1.165) is 12.8 Å². The van der Waals surface area contributed by atoms with E-state index in [4.69, 9.17) is 5.11 Å². The van der Waals surface area contributed by atoms with Crippen molar-refractivity contribution in [3.05, 3.63) is 0 Å². The number of hydrogen-bond acceptors (Lipinski definition) is 4. The number of likely N-dealkylation sites (tertiary alicyclic amines) is 1. The maximum atomic E-state index is 12.0. The third-order valence-electron chi connectivity index (χ3n) is 3.94. The molecule has 1 heterocycles. The fourth-order valence-electron chi connectivity index (χ4n) is 2.78. The molecule has 1 aliphatic carbocycles. The highest BCUT2D eigenvalue weighted by atomic mass is 16.4. The van der Waals surface area contributed by atoms with Crippen LogP contribution < -0.4 is 5.32 Å². The van der Waals surface area contributed by atoms with Gasteiger partial charge in [0.25, 0.3) is 0 Å². The van der Waals surface area contributed by atoms with Crippen molar-refractivity contribution < 1.29 is 24.9 Å². The molecule has 4 atom stereocenters. The number of nitrogens with zero attached hydrogens (tertiary/aromatic N) is 1. The van der Waals surface area contributed by atoms with E-state index in [1.807, 2.05) is 0 Å². The van der Waals surface area contributed by atoms with Crippen LogP contribution >= 0.6 is 0 Å². The van der Waals surface area contributed by atoms with Gasteiger partial charge in [-0.25, -0.2) is 4.79 Å². The number of aliphatic hydroxyl groups is 2. The smallest absolute Gasteiger partial charge is 0.317 e. The van der Waals surface area contributed by atoms with Crippen molar-refractivity contribution in [2.75, 3.05) is 13.1 Å². The predicted octanol–water partition coefficient (Wildman–Crippen LogP) is -0.623. The molecule has 7 nitrogen and oxygen atoms in total. The van der Waals surface area contributed by atoms with Gasteiger partial charge in [-0.3, -0.25) is 4.79 Å². The quantitative estimate of drug-likeness (QED) is 0.535. The van der Waals surface area contributed by atoms with Crippen molar-refractivity contribution in [1.29, 1.82) is 0 Å². The zero-order chi connectivity index (χ0) is 14.0. The van der Waals surface area contributed by atoms with E-state index in [2.05, 4.69) is 5.32 Å². The van der Waals surface area contributed by atoms with Gasteiger partial charge in [0.15, 0.2) is 0 Å². The normalized spacial score (nSPS) is 35.2. The standard InChI is InChI=1S/C12H20N2O5/c15-9-5-14(6-10(9)16)12(19)13-8-4-2-1-3-7(8)11(17)18/h7-10,15-16H,1-6H2,(H,13,19)(H,17,18). The first kappa shape index (κ1) is 14.1. The third-order valence-corrected chi connectivity index (χ3v) is 3.94. The molecule has 19 heavy (non-hydrogen) atoms. The van der Waals surface area contributed by atoms with Crippen LogP contribution in [0.4, 0.5) is 4.79 Å². The summed E-state index contributed by atoms with van der Waals surface area (Å²) in [5.41, 5.74) is 0. The lowest BCUT2D eigenvalue weighted by Gasteiger charge is -2.30. The first-order chi connectivity index (χ1) is 8.99. The number of carboxylic acid groups (broad SMARTS) is 1. The maximum Gasteiger partial charge on any atom is 0.317 e. The molecule has 4 N–H and O–H groups in total. The van der Waals surface area contributed by atoms with E-state index in [-0.39, 0.29) is 19.1 Å². The van der Waals surface area contributed by atoms with Crippen LogP contribution in [0, 0.1) is 5.92 Å². The number of carboxylic acids is 1. The molecule has 108 valence electrons. The summed E-state index contributed by atoms with van der Waals surface area (Å²) in [7, 11) is 0. The van der Waals surface area contributed by atoms with Crippen LogP contribution in [0.5, 0.6) is 0 Å². The van der Waals surface area contributed by atoms with Crippen molar-refractivity contribution in [3.63, 3.8) is 0 Å². The number of urea groups is 1. The molecule has 1 saturated heterocycles. The Bertz CT molecular complexity index is 352. The van der Waals surface area contributed by atoms with Gasteiger partial charge in [-0.15, -0.1) is 0 Å². The Kier molecular flexibility index (Phi) is 4.26. The monoisotopic (exact) mass is 272 g/mol. The van der Waals surface area contributed by atoms with Crippen LogP contribution in [0.2, 0.25) is 0 Å². The van der Waals surface area contributed by atoms with Crippen LogP contribution in [0.25, 0.3) is 0 Å². The fraction of sp³-hybridized carbons (Fsp3) is 0.833. The minimum Gasteiger partial charge on any atom is -0.481 e. The van der Waals surface area contributed by atoms with Gasteiger partial charge in [0.2, 0.25) is 0 Å². The van der Waals surface area contributed by atoms with Crippen molar-refractivity contribution in [2.45, 2.75) is 43.9 Å².